The van der Waals surface area contributed by atoms with Gasteiger partial charge in [-0.1, -0.05) is 30.3 Å². The Morgan fingerprint density at radius 3 is 2.29 bits per heavy atom. The van der Waals surface area contributed by atoms with Crippen LogP contribution in [0.4, 0.5) is 11.5 Å². The number of anilines is 2. The van der Waals surface area contributed by atoms with Crippen LogP contribution in [-0.2, 0) is 6.61 Å². The highest BCUT2D eigenvalue weighted by atomic mass is 35.5. The standard InChI is InChI=1S/C24H23N3O3.ClH/c1-16-11-18(9-10-21(16)30-14-17-7-5-4-6-8-17)27-24-19-12-22(28-2)23(29-3)13-20(19)25-15-26-24;/h4-13,15H,14H2,1-3H3,(H,25,26,27);1H. The molecule has 0 radical (unpaired) electrons. The number of aromatic nitrogens is 2. The van der Waals surface area contributed by atoms with Gasteiger partial charge >= 0.3 is 0 Å². The number of methoxy groups -OCH3 is 2. The average Bonchev–Trinajstić information content (AvgIpc) is 2.78. The van der Waals surface area contributed by atoms with Crippen molar-refractivity contribution in [2.24, 2.45) is 0 Å². The summed E-state index contributed by atoms with van der Waals surface area (Å²) in [6.07, 6.45) is 1.53. The Hall–Kier alpha value is -3.51. The Bertz CT molecular complexity index is 1170. The summed E-state index contributed by atoms with van der Waals surface area (Å²) in [5.41, 5.74) is 3.85. The van der Waals surface area contributed by atoms with Crippen LogP contribution in [-0.4, -0.2) is 24.2 Å². The van der Waals surface area contributed by atoms with Gasteiger partial charge in [-0.15, -0.1) is 12.4 Å². The topological polar surface area (TPSA) is 65.5 Å². The van der Waals surface area contributed by atoms with Crippen molar-refractivity contribution in [1.82, 2.24) is 9.97 Å². The van der Waals surface area contributed by atoms with Crippen LogP contribution < -0.4 is 19.5 Å². The van der Waals surface area contributed by atoms with Gasteiger partial charge in [0.25, 0.3) is 0 Å². The molecule has 0 aliphatic rings. The molecule has 0 saturated carbocycles. The van der Waals surface area contributed by atoms with E-state index < -0.39 is 0 Å². The first kappa shape index (κ1) is 22.2. The van der Waals surface area contributed by atoms with E-state index in [1.54, 1.807) is 14.2 Å². The first-order valence-corrected chi connectivity index (χ1v) is 9.59. The Morgan fingerprint density at radius 1 is 0.839 bits per heavy atom. The van der Waals surface area contributed by atoms with Gasteiger partial charge in [-0.3, -0.25) is 0 Å². The lowest BCUT2D eigenvalue weighted by Crippen LogP contribution is -2.00. The number of halogens is 1. The number of benzene rings is 3. The van der Waals surface area contributed by atoms with Crippen LogP contribution in [0.2, 0.25) is 0 Å². The molecule has 1 N–H and O–H groups in total. The minimum atomic E-state index is 0. The quantitative estimate of drug-likeness (QED) is 0.400. The van der Waals surface area contributed by atoms with Gasteiger partial charge in [0.15, 0.2) is 11.5 Å². The van der Waals surface area contributed by atoms with Gasteiger partial charge in [0.05, 0.1) is 19.7 Å². The molecule has 0 fully saturated rings. The lowest BCUT2D eigenvalue weighted by molar-refractivity contribution is 0.304. The number of rotatable bonds is 7. The number of nitrogens with one attached hydrogen (secondary N) is 1. The summed E-state index contributed by atoms with van der Waals surface area (Å²) in [6, 6.07) is 19.8. The van der Waals surface area contributed by atoms with Crippen LogP contribution in [0, 0.1) is 6.92 Å². The fraction of sp³-hybridized carbons (Fsp3) is 0.167. The smallest absolute Gasteiger partial charge is 0.162 e. The minimum Gasteiger partial charge on any atom is -0.493 e. The molecule has 0 amide bonds. The second-order valence-electron chi connectivity index (χ2n) is 6.83. The highest BCUT2D eigenvalue weighted by molar-refractivity contribution is 5.93. The normalized spacial score (nSPS) is 10.3. The van der Waals surface area contributed by atoms with Crippen LogP contribution in [0.15, 0.2) is 67.0 Å². The van der Waals surface area contributed by atoms with E-state index in [9.17, 15) is 0 Å². The molecule has 0 saturated heterocycles. The second-order valence-corrected chi connectivity index (χ2v) is 6.83. The van der Waals surface area contributed by atoms with Crippen molar-refractivity contribution in [3.05, 3.63) is 78.1 Å². The predicted molar refractivity (Wildman–Crippen MR) is 125 cm³/mol. The van der Waals surface area contributed by atoms with Crippen molar-refractivity contribution in [2.75, 3.05) is 19.5 Å². The zero-order valence-corrected chi connectivity index (χ0v) is 18.4. The molecule has 160 valence electrons. The van der Waals surface area contributed by atoms with E-state index >= 15 is 0 Å². The third-order valence-electron chi connectivity index (χ3n) is 4.82. The summed E-state index contributed by atoms with van der Waals surface area (Å²) in [5, 5.41) is 4.22. The van der Waals surface area contributed by atoms with Crippen molar-refractivity contribution in [1.29, 1.82) is 0 Å². The second kappa shape index (κ2) is 10.00. The number of aryl methyl sites for hydroxylation is 1. The highest BCUT2D eigenvalue weighted by Gasteiger charge is 2.11. The Balaban J connectivity index is 0.00000272. The van der Waals surface area contributed by atoms with Crippen LogP contribution >= 0.6 is 12.4 Å². The summed E-state index contributed by atoms with van der Waals surface area (Å²) in [7, 11) is 3.21. The van der Waals surface area contributed by atoms with Crippen LogP contribution in [0.1, 0.15) is 11.1 Å². The van der Waals surface area contributed by atoms with Gasteiger partial charge < -0.3 is 19.5 Å². The molecule has 1 heterocycles. The Kier molecular flexibility index (Phi) is 7.15. The molecular weight excluding hydrogens is 414 g/mol. The SMILES string of the molecule is COc1cc2ncnc(Nc3ccc(OCc4ccccc4)c(C)c3)c2cc1OC.Cl. The average molecular weight is 438 g/mol. The van der Waals surface area contributed by atoms with Crippen LogP contribution in [0.25, 0.3) is 10.9 Å². The molecule has 0 atom stereocenters. The highest BCUT2D eigenvalue weighted by Crippen LogP contribution is 2.34. The van der Waals surface area contributed by atoms with E-state index in [-0.39, 0.29) is 12.4 Å². The summed E-state index contributed by atoms with van der Waals surface area (Å²) < 4.78 is 16.8. The minimum absolute atomic E-state index is 0. The lowest BCUT2D eigenvalue weighted by Gasteiger charge is -2.14. The van der Waals surface area contributed by atoms with E-state index in [2.05, 4.69) is 27.4 Å². The molecule has 0 spiro atoms. The molecule has 4 rings (SSSR count). The number of ether oxygens (including phenoxy) is 3. The monoisotopic (exact) mass is 437 g/mol. The van der Waals surface area contributed by atoms with Gasteiger partial charge in [-0.25, -0.2) is 9.97 Å². The third kappa shape index (κ3) is 4.98. The molecule has 6 nitrogen and oxygen atoms in total. The Labute approximate surface area is 187 Å². The van der Waals surface area contributed by atoms with E-state index in [0.717, 1.165) is 33.5 Å². The molecular formula is C24H24ClN3O3. The lowest BCUT2D eigenvalue weighted by atomic mass is 10.1. The van der Waals surface area contributed by atoms with Crippen molar-refractivity contribution in [3.63, 3.8) is 0 Å². The van der Waals surface area contributed by atoms with Gasteiger partial charge in [-0.05, 0) is 42.3 Å². The summed E-state index contributed by atoms with van der Waals surface area (Å²) >= 11 is 0. The largest absolute Gasteiger partial charge is 0.493 e. The molecule has 7 heteroatoms. The van der Waals surface area contributed by atoms with Gasteiger partial charge in [-0.2, -0.15) is 0 Å². The Morgan fingerprint density at radius 2 is 1.58 bits per heavy atom. The molecule has 31 heavy (non-hydrogen) atoms. The summed E-state index contributed by atoms with van der Waals surface area (Å²) in [5.74, 6) is 2.80. The molecule has 0 bridgehead atoms. The predicted octanol–water partition coefficient (Wildman–Crippen LogP) is 5.70. The molecule has 0 aliphatic heterocycles. The summed E-state index contributed by atoms with van der Waals surface area (Å²) in [6.45, 7) is 2.56. The van der Waals surface area contributed by atoms with Crippen molar-refractivity contribution in [2.45, 2.75) is 13.5 Å². The number of fused-ring (bicyclic) bond motifs is 1. The van der Waals surface area contributed by atoms with E-state index in [0.29, 0.717) is 23.9 Å². The van der Waals surface area contributed by atoms with E-state index in [1.165, 1.54) is 6.33 Å². The molecule has 1 aromatic heterocycles. The number of nitrogens with zero attached hydrogens (tertiary/aromatic N) is 2. The van der Waals surface area contributed by atoms with Gasteiger partial charge in [0, 0.05) is 17.1 Å². The van der Waals surface area contributed by atoms with E-state index in [4.69, 9.17) is 14.2 Å². The van der Waals surface area contributed by atoms with Crippen LogP contribution in [0.5, 0.6) is 17.2 Å². The third-order valence-corrected chi connectivity index (χ3v) is 4.82. The molecule has 4 aromatic rings. The van der Waals surface area contributed by atoms with Crippen LogP contribution in [0.3, 0.4) is 0 Å². The maximum absolute atomic E-state index is 5.97. The van der Waals surface area contributed by atoms with Gasteiger partial charge in [0.1, 0.15) is 24.5 Å². The molecule has 0 unspecified atom stereocenters. The number of hydrogen-bond donors (Lipinski definition) is 1. The maximum Gasteiger partial charge on any atom is 0.162 e. The van der Waals surface area contributed by atoms with Crippen molar-refractivity contribution >= 4 is 34.8 Å². The maximum atomic E-state index is 5.97. The fourth-order valence-electron chi connectivity index (χ4n) is 3.24. The molecule has 0 aliphatic carbocycles. The van der Waals surface area contributed by atoms with E-state index in [1.807, 2.05) is 55.5 Å². The zero-order chi connectivity index (χ0) is 20.9. The first-order chi connectivity index (χ1) is 14.7. The van der Waals surface area contributed by atoms with Crippen molar-refractivity contribution < 1.29 is 14.2 Å². The van der Waals surface area contributed by atoms with Gasteiger partial charge in [0.2, 0.25) is 0 Å². The first-order valence-electron chi connectivity index (χ1n) is 9.59. The molecule has 3 aromatic carbocycles. The summed E-state index contributed by atoms with van der Waals surface area (Å²) in [4.78, 5) is 8.76. The van der Waals surface area contributed by atoms with Crippen molar-refractivity contribution in [3.8, 4) is 17.2 Å². The zero-order valence-electron chi connectivity index (χ0n) is 17.6. The number of hydrogen-bond acceptors (Lipinski definition) is 6. The fourth-order valence-corrected chi connectivity index (χ4v) is 3.24.